The van der Waals surface area contributed by atoms with Crippen LogP contribution < -0.4 is 0 Å². The normalized spacial score (nSPS) is 12.9. The van der Waals surface area contributed by atoms with Gasteiger partial charge in [0, 0.05) is 19.3 Å². The molecule has 0 aromatic carbocycles. The van der Waals surface area contributed by atoms with E-state index in [0.717, 1.165) is 128 Å². The van der Waals surface area contributed by atoms with Crippen molar-refractivity contribution in [3.05, 3.63) is 109 Å². The van der Waals surface area contributed by atoms with E-state index in [1.165, 1.54) is 64.2 Å². The Bertz CT molecular complexity index is 1390. The van der Waals surface area contributed by atoms with Crippen molar-refractivity contribution in [2.45, 2.75) is 245 Å². The van der Waals surface area contributed by atoms with Crippen LogP contribution in [0.5, 0.6) is 0 Å². The average Bonchev–Trinajstić information content (AvgIpc) is 3.33. The second-order valence-electron chi connectivity index (χ2n) is 17.7. The van der Waals surface area contributed by atoms with E-state index in [4.69, 9.17) is 14.2 Å². The lowest BCUT2D eigenvalue weighted by Crippen LogP contribution is -2.30. The van der Waals surface area contributed by atoms with Crippen molar-refractivity contribution in [1.29, 1.82) is 0 Å². The Labute approximate surface area is 412 Å². The highest BCUT2D eigenvalue weighted by Gasteiger charge is 2.19. The molecule has 0 aromatic rings. The van der Waals surface area contributed by atoms with Crippen LogP contribution in [-0.2, 0) is 28.6 Å². The molecule has 0 heterocycles. The molecule has 0 fully saturated rings. The first kappa shape index (κ1) is 63.1. The zero-order chi connectivity index (χ0) is 48.6. The molecule has 0 bridgehead atoms. The number of esters is 3. The van der Waals surface area contributed by atoms with E-state index in [2.05, 4.69) is 130 Å². The number of carbonyl (C=O) groups excluding carboxylic acids is 3. The molecule has 67 heavy (non-hydrogen) atoms. The molecule has 0 aromatic heterocycles. The summed E-state index contributed by atoms with van der Waals surface area (Å²) in [5, 5.41) is 0. The van der Waals surface area contributed by atoms with Gasteiger partial charge < -0.3 is 14.2 Å². The van der Waals surface area contributed by atoms with Gasteiger partial charge in [-0.1, -0.05) is 201 Å². The van der Waals surface area contributed by atoms with E-state index in [-0.39, 0.29) is 37.5 Å². The second-order valence-corrected chi connectivity index (χ2v) is 17.7. The fourth-order valence-corrected chi connectivity index (χ4v) is 7.12. The van der Waals surface area contributed by atoms with Gasteiger partial charge in [-0.3, -0.25) is 14.4 Å². The highest BCUT2D eigenvalue weighted by atomic mass is 16.6. The van der Waals surface area contributed by atoms with Gasteiger partial charge in [0.2, 0.25) is 0 Å². The molecule has 0 amide bonds. The van der Waals surface area contributed by atoms with Crippen LogP contribution in [-0.4, -0.2) is 37.2 Å². The predicted octanol–water partition coefficient (Wildman–Crippen LogP) is 18.3. The largest absolute Gasteiger partial charge is 0.462 e. The molecule has 6 nitrogen and oxygen atoms in total. The quantitative estimate of drug-likeness (QED) is 0.0262. The number of unbranched alkanes of at least 4 members (excludes halogenated alkanes) is 19. The molecule has 380 valence electrons. The van der Waals surface area contributed by atoms with Crippen LogP contribution in [0.25, 0.3) is 0 Å². The maximum Gasteiger partial charge on any atom is 0.306 e. The second kappa shape index (κ2) is 54.7. The third-order valence-electron chi connectivity index (χ3n) is 11.2. The molecule has 6 heteroatoms. The Hall–Kier alpha value is -3.93. The summed E-state index contributed by atoms with van der Waals surface area (Å²) in [7, 11) is 0. The van der Waals surface area contributed by atoms with Gasteiger partial charge in [0.15, 0.2) is 6.10 Å². The standard InChI is InChI=1S/C61H100O6/c1-4-7-10-13-16-19-22-25-28-29-30-31-34-36-39-42-45-48-51-54-60(63)66-57-58(67-61(64)55-52-49-46-43-40-37-33-27-24-21-18-15-12-9-6-3)56-65-59(62)53-50-47-44-41-38-35-32-26-23-20-17-14-11-8-5-2/h9,12,16-21,25-28,30-33,40,43,58H,4-8,10-11,13-15,22-24,29,34-39,41-42,44-57H2,1-3H3/b12-9-,19-16-,20-17-,21-18-,28-25-,31-30-,32-26-,33-27-,43-40-. The first-order valence-corrected chi connectivity index (χ1v) is 27.4. The summed E-state index contributed by atoms with van der Waals surface area (Å²) in [6.07, 6.45) is 73.6. The lowest BCUT2D eigenvalue weighted by atomic mass is 10.1. The topological polar surface area (TPSA) is 78.9 Å². The Morgan fingerprint density at radius 1 is 0.313 bits per heavy atom. The molecule has 0 rings (SSSR count). The van der Waals surface area contributed by atoms with Crippen molar-refractivity contribution in [2.75, 3.05) is 13.2 Å². The van der Waals surface area contributed by atoms with Crippen molar-refractivity contribution in [1.82, 2.24) is 0 Å². The molecule has 1 unspecified atom stereocenters. The molecular weight excluding hydrogens is 829 g/mol. The van der Waals surface area contributed by atoms with Gasteiger partial charge in [-0.2, -0.15) is 0 Å². The highest BCUT2D eigenvalue weighted by molar-refractivity contribution is 5.71. The molecule has 1 atom stereocenters. The van der Waals surface area contributed by atoms with Crippen molar-refractivity contribution < 1.29 is 28.6 Å². The highest BCUT2D eigenvalue weighted by Crippen LogP contribution is 2.13. The van der Waals surface area contributed by atoms with Crippen LogP contribution in [0, 0.1) is 0 Å². The minimum Gasteiger partial charge on any atom is -0.462 e. The fourth-order valence-electron chi connectivity index (χ4n) is 7.12. The van der Waals surface area contributed by atoms with Gasteiger partial charge in [0.1, 0.15) is 13.2 Å². The van der Waals surface area contributed by atoms with Crippen molar-refractivity contribution in [2.24, 2.45) is 0 Å². The first-order valence-electron chi connectivity index (χ1n) is 27.4. The Morgan fingerprint density at radius 3 is 0.940 bits per heavy atom. The third-order valence-corrected chi connectivity index (χ3v) is 11.2. The van der Waals surface area contributed by atoms with E-state index in [1.807, 2.05) is 0 Å². The summed E-state index contributed by atoms with van der Waals surface area (Å²) in [5.41, 5.74) is 0. The van der Waals surface area contributed by atoms with E-state index in [1.54, 1.807) is 0 Å². The van der Waals surface area contributed by atoms with Gasteiger partial charge in [-0.15, -0.1) is 0 Å². The summed E-state index contributed by atoms with van der Waals surface area (Å²) < 4.78 is 16.8. The van der Waals surface area contributed by atoms with Gasteiger partial charge in [-0.05, 0) is 128 Å². The molecule has 0 aliphatic heterocycles. The summed E-state index contributed by atoms with van der Waals surface area (Å²) >= 11 is 0. The lowest BCUT2D eigenvalue weighted by molar-refractivity contribution is -0.167. The summed E-state index contributed by atoms with van der Waals surface area (Å²) in [4.78, 5) is 38.1. The molecule has 0 N–H and O–H groups in total. The zero-order valence-corrected chi connectivity index (χ0v) is 43.4. The Kier molecular flexibility index (Phi) is 51.5. The Morgan fingerprint density at radius 2 is 0.582 bits per heavy atom. The predicted molar refractivity (Wildman–Crippen MR) is 288 cm³/mol. The lowest BCUT2D eigenvalue weighted by Gasteiger charge is -2.18. The van der Waals surface area contributed by atoms with Gasteiger partial charge in [0.05, 0.1) is 0 Å². The van der Waals surface area contributed by atoms with Crippen molar-refractivity contribution in [3.63, 3.8) is 0 Å². The number of rotatable bonds is 48. The fraction of sp³-hybridized carbons (Fsp3) is 0.656. The molecule has 0 radical (unpaired) electrons. The molecule has 0 spiro atoms. The zero-order valence-electron chi connectivity index (χ0n) is 43.4. The summed E-state index contributed by atoms with van der Waals surface area (Å²) in [5.74, 6) is -0.978. The SMILES string of the molecule is CC/C=C\C/C=C\C/C=C\C/C=C\CCCCC(=O)OC(COC(=O)CCCCCCC/C=C\C/C=C\CCCCC)COC(=O)CCCCCCCC/C=C\C/C=C\C/C=C\CCCCC. The van der Waals surface area contributed by atoms with Crippen LogP contribution in [0.3, 0.4) is 0 Å². The summed E-state index contributed by atoms with van der Waals surface area (Å²) in [6.45, 7) is 6.40. The maximum absolute atomic E-state index is 12.8. The molecule has 0 saturated carbocycles. The number of allylic oxidation sites excluding steroid dienone is 18. The van der Waals surface area contributed by atoms with Crippen LogP contribution in [0.1, 0.15) is 239 Å². The molecule has 0 aliphatic rings. The van der Waals surface area contributed by atoms with Crippen LogP contribution in [0.15, 0.2) is 109 Å². The number of carbonyl (C=O) groups is 3. The minimum absolute atomic E-state index is 0.108. The molecule has 0 aliphatic carbocycles. The van der Waals surface area contributed by atoms with Crippen molar-refractivity contribution in [3.8, 4) is 0 Å². The van der Waals surface area contributed by atoms with Crippen molar-refractivity contribution >= 4 is 17.9 Å². The number of hydrogen-bond acceptors (Lipinski definition) is 6. The van der Waals surface area contributed by atoms with Gasteiger partial charge in [-0.25, -0.2) is 0 Å². The van der Waals surface area contributed by atoms with Gasteiger partial charge >= 0.3 is 17.9 Å². The summed E-state index contributed by atoms with van der Waals surface area (Å²) in [6, 6.07) is 0. The smallest absolute Gasteiger partial charge is 0.306 e. The van der Waals surface area contributed by atoms with Crippen LogP contribution in [0.2, 0.25) is 0 Å². The third kappa shape index (κ3) is 52.9. The number of hydrogen-bond donors (Lipinski definition) is 0. The first-order chi connectivity index (χ1) is 33.0. The number of ether oxygens (including phenoxy) is 3. The van der Waals surface area contributed by atoms with Gasteiger partial charge in [0.25, 0.3) is 0 Å². The maximum atomic E-state index is 12.8. The molecular formula is C61H100O6. The monoisotopic (exact) mass is 929 g/mol. The average molecular weight is 929 g/mol. The van der Waals surface area contributed by atoms with E-state index in [0.29, 0.717) is 19.3 Å². The van der Waals surface area contributed by atoms with Crippen LogP contribution in [0.4, 0.5) is 0 Å². The van der Waals surface area contributed by atoms with E-state index >= 15 is 0 Å². The van der Waals surface area contributed by atoms with E-state index in [9.17, 15) is 14.4 Å². The Balaban J connectivity index is 4.50. The minimum atomic E-state index is -0.813. The van der Waals surface area contributed by atoms with Crippen LogP contribution >= 0.6 is 0 Å². The molecule has 0 saturated heterocycles. The van der Waals surface area contributed by atoms with E-state index < -0.39 is 6.10 Å².